The normalized spacial score (nSPS) is 12.2. The lowest BCUT2D eigenvalue weighted by Crippen LogP contribution is -2.13. The molecule has 0 aliphatic carbocycles. The van der Waals surface area contributed by atoms with Gasteiger partial charge in [0.25, 0.3) is 0 Å². The van der Waals surface area contributed by atoms with Crippen LogP contribution < -0.4 is 4.74 Å². The molecule has 0 aromatic carbocycles. The molecule has 0 bridgehead atoms. The van der Waals surface area contributed by atoms with Crippen LogP contribution in [0.2, 0.25) is 5.02 Å². The first-order valence-electron chi connectivity index (χ1n) is 6.60. The van der Waals surface area contributed by atoms with E-state index in [2.05, 4.69) is 11.9 Å². The number of carboxylic acids is 1. The van der Waals surface area contributed by atoms with E-state index in [1.54, 1.807) is 0 Å². The van der Waals surface area contributed by atoms with Crippen LogP contribution in [0.1, 0.15) is 56.3 Å². The van der Waals surface area contributed by atoms with E-state index in [0.717, 1.165) is 12.8 Å². The number of aromatic nitrogens is 1. The molecule has 0 amide bonds. The summed E-state index contributed by atoms with van der Waals surface area (Å²) in [6.07, 6.45) is 6.98. The highest BCUT2D eigenvalue weighted by Gasteiger charge is 2.16. The summed E-state index contributed by atoms with van der Waals surface area (Å²) in [5, 5.41) is 9.02. The van der Waals surface area contributed by atoms with E-state index < -0.39 is 5.97 Å². The number of carbonyl (C=O) groups is 1. The second kappa shape index (κ2) is 8.00. The summed E-state index contributed by atoms with van der Waals surface area (Å²) in [7, 11) is 0. The minimum absolute atomic E-state index is 0.0184. The van der Waals surface area contributed by atoms with E-state index in [0.29, 0.717) is 0 Å². The van der Waals surface area contributed by atoms with Crippen molar-refractivity contribution in [3.05, 3.63) is 22.8 Å². The first-order valence-corrected chi connectivity index (χ1v) is 6.98. The molecule has 1 heterocycles. The molecule has 1 atom stereocenters. The van der Waals surface area contributed by atoms with E-state index in [4.69, 9.17) is 21.4 Å². The van der Waals surface area contributed by atoms with Crippen LogP contribution in [0.15, 0.2) is 12.3 Å². The monoisotopic (exact) mass is 285 g/mol. The minimum Gasteiger partial charge on any atom is -0.478 e. The average molecular weight is 286 g/mol. The highest BCUT2D eigenvalue weighted by molar-refractivity contribution is 6.34. The third-order valence-corrected chi connectivity index (χ3v) is 3.23. The lowest BCUT2D eigenvalue weighted by molar-refractivity contribution is 0.0696. The fraction of sp³-hybridized carbons (Fsp3) is 0.571. The Morgan fingerprint density at radius 1 is 1.47 bits per heavy atom. The number of nitrogens with zero attached hydrogens (tertiary/aromatic N) is 1. The summed E-state index contributed by atoms with van der Waals surface area (Å²) in [6.45, 7) is 4.11. The lowest BCUT2D eigenvalue weighted by atomic mass is 10.1. The van der Waals surface area contributed by atoms with Crippen LogP contribution in [0.4, 0.5) is 0 Å². The molecule has 0 aliphatic rings. The molecule has 0 saturated heterocycles. The first kappa shape index (κ1) is 15.8. The number of rotatable bonds is 8. The fourth-order valence-corrected chi connectivity index (χ4v) is 2.02. The molecule has 0 saturated carbocycles. The van der Waals surface area contributed by atoms with E-state index in [9.17, 15) is 4.79 Å². The largest absolute Gasteiger partial charge is 0.478 e. The van der Waals surface area contributed by atoms with Crippen LogP contribution in [0.25, 0.3) is 0 Å². The maximum Gasteiger partial charge on any atom is 0.337 e. The summed E-state index contributed by atoms with van der Waals surface area (Å²) in [6, 6.07) is 1.36. The minimum atomic E-state index is -1.08. The molecule has 1 aromatic heterocycles. The van der Waals surface area contributed by atoms with E-state index in [1.165, 1.54) is 31.5 Å². The molecule has 0 radical (unpaired) electrons. The van der Waals surface area contributed by atoms with Gasteiger partial charge in [-0.15, -0.1) is 0 Å². The smallest absolute Gasteiger partial charge is 0.337 e. The molecule has 0 spiro atoms. The third-order valence-electron chi connectivity index (χ3n) is 2.86. The Hall–Kier alpha value is -1.29. The molecule has 0 aliphatic heterocycles. The van der Waals surface area contributed by atoms with Crippen LogP contribution in [0.5, 0.6) is 5.88 Å². The zero-order valence-corrected chi connectivity index (χ0v) is 12.1. The second-order valence-electron chi connectivity index (χ2n) is 4.56. The van der Waals surface area contributed by atoms with Crippen molar-refractivity contribution in [3.8, 4) is 5.88 Å². The Morgan fingerprint density at radius 2 is 2.21 bits per heavy atom. The third kappa shape index (κ3) is 5.07. The number of aromatic carboxylic acids is 1. The molecule has 1 unspecified atom stereocenters. The summed E-state index contributed by atoms with van der Waals surface area (Å²) in [4.78, 5) is 14.9. The molecule has 106 valence electrons. The van der Waals surface area contributed by atoms with Gasteiger partial charge in [0.15, 0.2) is 0 Å². The van der Waals surface area contributed by atoms with Crippen molar-refractivity contribution >= 4 is 17.6 Å². The van der Waals surface area contributed by atoms with Gasteiger partial charge in [-0.25, -0.2) is 9.78 Å². The Balaban J connectivity index is 2.57. The Kier molecular flexibility index (Phi) is 6.64. The van der Waals surface area contributed by atoms with Crippen LogP contribution in [-0.2, 0) is 0 Å². The number of pyridine rings is 1. The topological polar surface area (TPSA) is 59.4 Å². The summed E-state index contributed by atoms with van der Waals surface area (Å²) >= 11 is 5.96. The van der Waals surface area contributed by atoms with Crippen LogP contribution in [0.3, 0.4) is 0 Å². The highest BCUT2D eigenvalue weighted by Crippen LogP contribution is 2.27. The van der Waals surface area contributed by atoms with Gasteiger partial charge in [-0.2, -0.15) is 0 Å². The highest BCUT2D eigenvalue weighted by atomic mass is 35.5. The molecule has 1 rings (SSSR count). The molecule has 1 N–H and O–H groups in total. The number of halogens is 1. The maximum absolute atomic E-state index is 10.9. The van der Waals surface area contributed by atoms with Gasteiger partial charge < -0.3 is 9.84 Å². The SMILES string of the molecule is CCCCCCC(C)Oc1nccc(C(=O)O)c1Cl. The molecule has 4 nitrogen and oxygen atoms in total. The van der Waals surface area contributed by atoms with Crippen molar-refractivity contribution in [2.75, 3.05) is 0 Å². The van der Waals surface area contributed by atoms with Crippen LogP contribution >= 0.6 is 11.6 Å². The van der Waals surface area contributed by atoms with Gasteiger partial charge in [-0.05, 0) is 25.8 Å². The van der Waals surface area contributed by atoms with Gasteiger partial charge in [0.05, 0.1) is 11.7 Å². The van der Waals surface area contributed by atoms with Gasteiger partial charge >= 0.3 is 5.97 Å². The molecular weight excluding hydrogens is 266 g/mol. The Morgan fingerprint density at radius 3 is 2.84 bits per heavy atom. The number of ether oxygens (including phenoxy) is 1. The summed E-state index contributed by atoms with van der Waals surface area (Å²) in [5.41, 5.74) is 0.0184. The maximum atomic E-state index is 10.9. The molecule has 19 heavy (non-hydrogen) atoms. The van der Waals surface area contributed by atoms with Gasteiger partial charge in [-0.1, -0.05) is 37.8 Å². The predicted octanol–water partition coefficient (Wildman–Crippen LogP) is 4.17. The second-order valence-corrected chi connectivity index (χ2v) is 4.94. The number of unbranched alkanes of at least 4 members (excludes halogenated alkanes) is 3. The van der Waals surface area contributed by atoms with Gasteiger partial charge in [-0.3, -0.25) is 0 Å². The first-order chi connectivity index (χ1) is 9.06. The quantitative estimate of drug-likeness (QED) is 0.728. The average Bonchev–Trinajstić information content (AvgIpc) is 2.37. The van der Waals surface area contributed by atoms with Gasteiger partial charge in [0.2, 0.25) is 5.88 Å². The van der Waals surface area contributed by atoms with Gasteiger partial charge in [0, 0.05) is 6.20 Å². The molecule has 1 aromatic rings. The van der Waals surface area contributed by atoms with E-state index >= 15 is 0 Å². The molecular formula is C14H20ClNO3. The zero-order valence-electron chi connectivity index (χ0n) is 11.4. The Labute approximate surface area is 118 Å². The van der Waals surface area contributed by atoms with Crippen LogP contribution in [0, 0.1) is 0 Å². The number of hydrogen-bond donors (Lipinski definition) is 1. The van der Waals surface area contributed by atoms with Crippen molar-refractivity contribution < 1.29 is 14.6 Å². The van der Waals surface area contributed by atoms with E-state index in [1.807, 2.05) is 6.92 Å². The standard InChI is InChI=1S/C14H20ClNO3/c1-3-4-5-6-7-10(2)19-13-12(15)11(14(17)18)8-9-16-13/h8-10H,3-7H2,1-2H3,(H,17,18). The predicted molar refractivity (Wildman–Crippen MR) is 75.1 cm³/mol. The Bertz CT molecular complexity index is 423. The summed E-state index contributed by atoms with van der Waals surface area (Å²) in [5.74, 6) is -0.877. The van der Waals surface area contributed by atoms with Gasteiger partial charge in [0.1, 0.15) is 5.02 Å². The fourth-order valence-electron chi connectivity index (χ4n) is 1.78. The van der Waals surface area contributed by atoms with Crippen molar-refractivity contribution in [1.29, 1.82) is 0 Å². The summed E-state index contributed by atoms with van der Waals surface area (Å²) < 4.78 is 5.61. The van der Waals surface area contributed by atoms with Crippen molar-refractivity contribution in [1.82, 2.24) is 4.98 Å². The number of hydrogen-bond acceptors (Lipinski definition) is 3. The van der Waals surface area contributed by atoms with Crippen molar-refractivity contribution in [3.63, 3.8) is 0 Å². The number of carboxylic acid groups (broad SMARTS) is 1. The van der Waals surface area contributed by atoms with Crippen LogP contribution in [-0.4, -0.2) is 22.2 Å². The van der Waals surface area contributed by atoms with Crippen molar-refractivity contribution in [2.24, 2.45) is 0 Å². The molecule has 5 heteroatoms. The lowest BCUT2D eigenvalue weighted by Gasteiger charge is -2.15. The zero-order chi connectivity index (χ0) is 14.3. The van der Waals surface area contributed by atoms with Crippen molar-refractivity contribution in [2.45, 2.75) is 52.1 Å². The molecule has 0 fully saturated rings. The van der Waals surface area contributed by atoms with E-state index in [-0.39, 0.29) is 22.6 Å².